The lowest BCUT2D eigenvalue weighted by molar-refractivity contribution is 0.152. The van der Waals surface area contributed by atoms with Crippen molar-refractivity contribution in [2.45, 2.75) is 19.1 Å². The van der Waals surface area contributed by atoms with Gasteiger partial charge in [0, 0.05) is 28.3 Å². The first-order chi connectivity index (χ1) is 6.56. The fourth-order valence-electron chi connectivity index (χ4n) is 1.06. The van der Waals surface area contributed by atoms with E-state index in [0.29, 0.717) is 11.4 Å². The van der Waals surface area contributed by atoms with Crippen molar-refractivity contribution >= 4 is 15.9 Å². The summed E-state index contributed by atoms with van der Waals surface area (Å²) in [5.41, 5.74) is 6.28. The van der Waals surface area contributed by atoms with Crippen LogP contribution in [0.5, 0.6) is 5.88 Å². The summed E-state index contributed by atoms with van der Waals surface area (Å²) < 4.78 is 5.68. The van der Waals surface area contributed by atoms with Gasteiger partial charge in [0.05, 0.1) is 13.2 Å². The molecule has 0 radical (unpaired) electrons. The van der Waals surface area contributed by atoms with Gasteiger partial charge < -0.3 is 15.6 Å². The van der Waals surface area contributed by atoms with E-state index in [1.165, 1.54) is 7.11 Å². The number of hydrogen-bond acceptors (Lipinski definition) is 4. The molecule has 1 rings (SSSR count). The van der Waals surface area contributed by atoms with Crippen molar-refractivity contribution in [1.29, 1.82) is 0 Å². The number of aromatic nitrogens is 1. The third-order valence-electron chi connectivity index (χ3n) is 1.89. The largest absolute Gasteiger partial charge is 0.481 e. The Labute approximate surface area is 91.2 Å². The maximum atomic E-state index is 9.76. The molecular formula is C9H13BrN2O2. The zero-order valence-electron chi connectivity index (χ0n) is 8.07. The van der Waals surface area contributed by atoms with E-state index in [-0.39, 0.29) is 6.04 Å². The van der Waals surface area contributed by atoms with Crippen molar-refractivity contribution in [3.05, 3.63) is 22.3 Å². The molecule has 1 heterocycles. The van der Waals surface area contributed by atoms with Crippen LogP contribution in [0.2, 0.25) is 0 Å². The minimum Gasteiger partial charge on any atom is -0.481 e. The molecule has 0 aromatic carbocycles. The van der Waals surface area contributed by atoms with Gasteiger partial charge in [-0.1, -0.05) is 0 Å². The first kappa shape index (κ1) is 11.4. The van der Waals surface area contributed by atoms with Crippen LogP contribution in [0.25, 0.3) is 0 Å². The number of ether oxygens (including phenoxy) is 1. The second-order valence-corrected chi connectivity index (χ2v) is 3.91. The van der Waals surface area contributed by atoms with Crippen molar-refractivity contribution < 1.29 is 9.84 Å². The molecule has 5 heteroatoms. The predicted molar refractivity (Wildman–Crippen MR) is 57.1 cm³/mol. The van der Waals surface area contributed by atoms with Crippen molar-refractivity contribution in [1.82, 2.24) is 4.98 Å². The number of methoxy groups -OCH3 is 1. The summed E-state index contributed by atoms with van der Waals surface area (Å²) in [6.45, 7) is 1.74. The van der Waals surface area contributed by atoms with Crippen molar-refractivity contribution in [3.63, 3.8) is 0 Å². The Bertz CT molecular complexity index is 318. The molecule has 1 aromatic rings. The summed E-state index contributed by atoms with van der Waals surface area (Å²) in [5.74, 6) is 0.461. The predicted octanol–water partition coefficient (Wildman–Crippen LogP) is 1.23. The van der Waals surface area contributed by atoms with Crippen LogP contribution in [0.3, 0.4) is 0 Å². The third kappa shape index (κ3) is 2.43. The molecule has 2 atom stereocenters. The fourth-order valence-corrected chi connectivity index (χ4v) is 1.51. The highest BCUT2D eigenvalue weighted by Gasteiger charge is 2.16. The Kier molecular flexibility index (Phi) is 3.86. The van der Waals surface area contributed by atoms with Gasteiger partial charge >= 0.3 is 0 Å². The number of rotatable bonds is 3. The second kappa shape index (κ2) is 4.72. The molecular weight excluding hydrogens is 248 g/mol. The Morgan fingerprint density at radius 2 is 2.29 bits per heavy atom. The highest BCUT2D eigenvalue weighted by molar-refractivity contribution is 9.10. The first-order valence-corrected chi connectivity index (χ1v) is 4.98. The summed E-state index contributed by atoms with van der Waals surface area (Å²) in [6.07, 6.45) is 0.862. The van der Waals surface area contributed by atoms with Crippen LogP contribution in [-0.4, -0.2) is 23.2 Å². The SMILES string of the molecule is COc1cc(C(O)C(C)N)c(Br)cn1. The van der Waals surface area contributed by atoms with Crippen LogP contribution in [0.15, 0.2) is 16.7 Å². The van der Waals surface area contributed by atoms with Crippen LogP contribution in [0.1, 0.15) is 18.6 Å². The van der Waals surface area contributed by atoms with Gasteiger partial charge in [-0.25, -0.2) is 4.98 Å². The van der Waals surface area contributed by atoms with Crippen molar-refractivity contribution in [3.8, 4) is 5.88 Å². The highest BCUT2D eigenvalue weighted by atomic mass is 79.9. The maximum absolute atomic E-state index is 9.76. The minimum absolute atomic E-state index is 0.335. The molecule has 0 aliphatic heterocycles. The summed E-state index contributed by atoms with van der Waals surface area (Å²) in [4.78, 5) is 3.98. The number of nitrogens with two attached hydrogens (primary N) is 1. The standard InChI is InChI=1S/C9H13BrN2O2/c1-5(11)9(13)6-3-8(14-2)12-4-7(6)10/h3-5,9,13H,11H2,1-2H3. The van der Waals surface area contributed by atoms with Crippen LogP contribution >= 0.6 is 15.9 Å². The van der Waals surface area contributed by atoms with Gasteiger partial charge in [-0.2, -0.15) is 0 Å². The molecule has 78 valence electrons. The minimum atomic E-state index is -0.721. The van der Waals surface area contributed by atoms with Crippen LogP contribution < -0.4 is 10.5 Å². The van der Waals surface area contributed by atoms with Crippen molar-refractivity contribution in [2.24, 2.45) is 5.73 Å². The van der Waals surface area contributed by atoms with E-state index in [2.05, 4.69) is 20.9 Å². The van der Waals surface area contributed by atoms with Crippen LogP contribution in [0.4, 0.5) is 0 Å². The van der Waals surface area contributed by atoms with E-state index in [1.54, 1.807) is 19.2 Å². The Morgan fingerprint density at radius 1 is 1.64 bits per heavy atom. The number of hydrogen-bond donors (Lipinski definition) is 2. The molecule has 0 bridgehead atoms. The molecule has 0 aliphatic rings. The fraction of sp³-hybridized carbons (Fsp3) is 0.444. The number of aliphatic hydroxyl groups excluding tert-OH is 1. The van der Waals surface area contributed by atoms with Crippen molar-refractivity contribution in [2.75, 3.05) is 7.11 Å². The molecule has 0 fully saturated rings. The van der Waals surface area contributed by atoms with Crippen LogP contribution in [-0.2, 0) is 0 Å². The summed E-state index contributed by atoms with van der Waals surface area (Å²) in [7, 11) is 1.53. The second-order valence-electron chi connectivity index (χ2n) is 3.05. The highest BCUT2D eigenvalue weighted by Crippen LogP contribution is 2.27. The Morgan fingerprint density at radius 3 is 2.79 bits per heavy atom. The van der Waals surface area contributed by atoms with E-state index in [4.69, 9.17) is 10.5 Å². The molecule has 3 N–H and O–H groups in total. The lowest BCUT2D eigenvalue weighted by Gasteiger charge is -2.16. The Hall–Kier alpha value is -0.650. The van der Waals surface area contributed by atoms with E-state index >= 15 is 0 Å². The lowest BCUT2D eigenvalue weighted by atomic mass is 10.1. The van der Waals surface area contributed by atoms with Gasteiger partial charge in [0.25, 0.3) is 0 Å². The van der Waals surface area contributed by atoms with E-state index < -0.39 is 6.10 Å². The number of nitrogens with zero attached hydrogens (tertiary/aromatic N) is 1. The molecule has 0 spiro atoms. The molecule has 0 aliphatic carbocycles. The van der Waals surface area contributed by atoms with Gasteiger partial charge in [-0.15, -0.1) is 0 Å². The smallest absolute Gasteiger partial charge is 0.213 e. The molecule has 4 nitrogen and oxygen atoms in total. The van der Waals surface area contributed by atoms with Crippen LogP contribution in [0, 0.1) is 0 Å². The van der Waals surface area contributed by atoms with E-state index in [0.717, 1.165) is 4.47 Å². The van der Waals surface area contributed by atoms with E-state index in [9.17, 15) is 5.11 Å². The summed E-state index contributed by atoms with van der Waals surface area (Å²) in [6, 6.07) is 1.33. The van der Waals surface area contributed by atoms with Gasteiger partial charge in [-0.3, -0.25) is 0 Å². The average molecular weight is 261 g/mol. The van der Waals surface area contributed by atoms with Gasteiger partial charge in [0.2, 0.25) is 5.88 Å². The Balaban J connectivity index is 3.05. The molecule has 0 amide bonds. The molecule has 0 saturated carbocycles. The average Bonchev–Trinajstić information content (AvgIpc) is 2.17. The lowest BCUT2D eigenvalue weighted by Crippen LogP contribution is -2.24. The topological polar surface area (TPSA) is 68.4 Å². The number of aliphatic hydroxyl groups is 1. The molecule has 1 aromatic heterocycles. The van der Waals surface area contributed by atoms with E-state index in [1.807, 2.05) is 0 Å². The quantitative estimate of drug-likeness (QED) is 0.858. The zero-order chi connectivity index (χ0) is 10.7. The van der Waals surface area contributed by atoms with Gasteiger partial charge in [0.1, 0.15) is 0 Å². The summed E-state index contributed by atoms with van der Waals surface area (Å²) >= 11 is 3.29. The third-order valence-corrected chi connectivity index (χ3v) is 2.55. The summed E-state index contributed by atoms with van der Waals surface area (Å²) in [5, 5.41) is 9.76. The number of halogens is 1. The number of pyridine rings is 1. The molecule has 14 heavy (non-hydrogen) atoms. The zero-order valence-corrected chi connectivity index (χ0v) is 9.65. The monoisotopic (exact) mass is 260 g/mol. The van der Waals surface area contributed by atoms with Gasteiger partial charge in [-0.05, 0) is 22.9 Å². The first-order valence-electron chi connectivity index (χ1n) is 4.19. The molecule has 2 unspecified atom stereocenters. The molecule has 0 saturated heterocycles. The normalized spacial score (nSPS) is 14.9. The van der Waals surface area contributed by atoms with Gasteiger partial charge in [0.15, 0.2) is 0 Å². The maximum Gasteiger partial charge on any atom is 0.213 e.